The number of ether oxygens (including phenoxy) is 1. The Kier molecular flexibility index (Phi) is 4.39. The number of benzene rings is 1. The molecule has 0 saturated heterocycles. The first kappa shape index (κ1) is 16.3. The van der Waals surface area contributed by atoms with Gasteiger partial charge in [0, 0.05) is 29.1 Å². The minimum atomic E-state index is -0.353. The SMILES string of the molecule is COc1ccc2nc(SCc3ncc(C)c([N+](=O)[O-])c3C)[nH]c2c1. The number of nitro groups is 1. The molecule has 2 heterocycles. The van der Waals surface area contributed by atoms with Gasteiger partial charge in [0.25, 0.3) is 5.69 Å². The first-order valence-corrected chi connectivity index (χ1v) is 8.24. The number of aryl methyl sites for hydroxylation is 1. The molecule has 0 aliphatic rings. The Labute approximate surface area is 142 Å². The fourth-order valence-corrected chi connectivity index (χ4v) is 3.40. The van der Waals surface area contributed by atoms with E-state index in [4.69, 9.17) is 4.74 Å². The largest absolute Gasteiger partial charge is 0.497 e. The average molecular weight is 344 g/mol. The minimum Gasteiger partial charge on any atom is -0.497 e. The number of hydrogen-bond acceptors (Lipinski definition) is 6. The van der Waals surface area contributed by atoms with Gasteiger partial charge in [-0.3, -0.25) is 15.1 Å². The normalized spacial score (nSPS) is 11.0. The quantitative estimate of drug-likeness (QED) is 0.430. The standard InChI is InChI=1S/C16H16N4O3S/c1-9-7-17-14(10(2)15(9)20(21)22)8-24-16-18-12-5-4-11(23-3)6-13(12)19-16/h4-7H,8H2,1-3H3,(H,18,19). The van der Waals surface area contributed by atoms with Crippen molar-refractivity contribution in [3.05, 3.63) is 51.3 Å². The zero-order valence-electron chi connectivity index (χ0n) is 13.5. The third kappa shape index (κ3) is 3.05. The van der Waals surface area contributed by atoms with Crippen molar-refractivity contribution in [3.8, 4) is 5.75 Å². The fraction of sp³-hybridized carbons (Fsp3) is 0.250. The lowest BCUT2D eigenvalue weighted by Crippen LogP contribution is -2.01. The van der Waals surface area contributed by atoms with Gasteiger partial charge in [-0.1, -0.05) is 11.8 Å². The second-order valence-corrected chi connectivity index (χ2v) is 6.30. The number of aromatic nitrogens is 3. The molecular formula is C16H16N4O3S. The maximum atomic E-state index is 11.2. The minimum absolute atomic E-state index is 0.134. The Bertz CT molecular complexity index is 923. The Morgan fingerprint density at radius 1 is 1.38 bits per heavy atom. The number of H-pyrrole nitrogens is 1. The molecule has 0 amide bonds. The van der Waals surface area contributed by atoms with E-state index in [1.807, 2.05) is 18.2 Å². The van der Waals surface area contributed by atoms with Crippen LogP contribution in [0.15, 0.2) is 29.6 Å². The predicted octanol–water partition coefficient (Wildman–Crippen LogP) is 3.78. The number of nitrogens with zero attached hydrogens (tertiary/aromatic N) is 3. The number of rotatable bonds is 5. The van der Waals surface area contributed by atoms with Crippen molar-refractivity contribution in [1.82, 2.24) is 15.0 Å². The molecule has 8 heteroatoms. The summed E-state index contributed by atoms with van der Waals surface area (Å²) in [6.45, 7) is 3.43. The highest BCUT2D eigenvalue weighted by molar-refractivity contribution is 7.98. The van der Waals surface area contributed by atoms with Crippen molar-refractivity contribution in [3.63, 3.8) is 0 Å². The zero-order chi connectivity index (χ0) is 17.3. The molecule has 7 nitrogen and oxygen atoms in total. The predicted molar refractivity (Wildman–Crippen MR) is 92.6 cm³/mol. The highest BCUT2D eigenvalue weighted by Gasteiger charge is 2.19. The van der Waals surface area contributed by atoms with E-state index in [2.05, 4.69) is 15.0 Å². The summed E-state index contributed by atoms with van der Waals surface area (Å²) < 4.78 is 5.19. The number of imidazole rings is 1. The lowest BCUT2D eigenvalue weighted by molar-refractivity contribution is -0.386. The molecule has 3 rings (SSSR count). The number of aromatic amines is 1. The van der Waals surface area contributed by atoms with Crippen molar-refractivity contribution in [2.75, 3.05) is 7.11 Å². The third-order valence-corrected chi connectivity index (χ3v) is 4.66. The van der Waals surface area contributed by atoms with Gasteiger partial charge < -0.3 is 9.72 Å². The molecule has 1 aromatic carbocycles. The monoisotopic (exact) mass is 344 g/mol. The van der Waals surface area contributed by atoms with Gasteiger partial charge in [0.05, 0.1) is 28.8 Å². The number of thioether (sulfide) groups is 1. The lowest BCUT2D eigenvalue weighted by Gasteiger charge is -2.06. The van der Waals surface area contributed by atoms with Crippen LogP contribution in [-0.2, 0) is 5.75 Å². The maximum absolute atomic E-state index is 11.2. The van der Waals surface area contributed by atoms with Crippen LogP contribution in [0.3, 0.4) is 0 Å². The van der Waals surface area contributed by atoms with Gasteiger partial charge in [-0.25, -0.2) is 4.98 Å². The van der Waals surface area contributed by atoms with Crippen LogP contribution < -0.4 is 4.74 Å². The van der Waals surface area contributed by atoms with Crippen molar-refractivity contribution < 1.29 is 9.66 Å². The van der Waals surface area contributed by atoms with Gasteiger partial charge in [0.15, 0.2) is 5.16 Å². The van der Waals surface area contributed by atoms with Crippen molar-refractivity contribution in [2.24, 2.45) is 0 Å². The highest BCUT2D eigenvalue weighted by Crippen LogP contribution is 2.29. The Morgan fingerprint density at radius 2 is 2.17 bits per heavy atom. The summed E-state index contributed by atoms with van der Waals surface area (Å²) in [5, 5.41) is 11.9. The van der Waals surface area contributed by atoms with Crippen molar-refractivity contribution in [1.29, 1.82) is 0 Å². The van der Waals surface area contributed by atoms with Gasteiger partial charge in [0.1, 0.15) is 5.75 Å². The maximum Gasteiger partial charge on any atom is 0.278 e. The summed E-state index contributed by atoms with van der Waals surface area (Å²) >= 11 is 1.46. The third-order valence-electron chi connectivity index (χ3n) is 3.77. The van der Waals surface area contributed by atoms with E-state index < -0.39 is 0 Å². The number of fused-ring (bicyclic) bond motifs is 1. The van der Waals surface area contributed by atoms with Crippen LogP contribution in [-0.4, -0.2) is 27.0 Å². The van der Waals surface area contributed by atoms with Crippen LogP contribution in [0.25, 0.3) is 11.0 Å². The van der Waals surface area contributed by atoms with Crippen LogP contribution in [0, 0.1) is 24.0 Å². The number of nitrogens with one attached hydrogen (secondary N) is 1. The molecule has 24 heavy (non-hydrogen) atoms. The number of hydrogen-bond donors (Lipinski definition) is 1. The first-order chi connectivity index (χ1) is 11.5. The van der Waals surface area contributed by atoms with Gasteiger partial charge in [-0.15, -0.1) is 0 Å². The Morgan fingerprint density at radius 3 is 2.88 bits per heavy atom. The van der Waals surface area contributed by atoms with E-state index >= 15 is 0 Å². The van der Waals surface area contributed by atoms with Crippen LogP contribution in [0.1, 0.15) is 16.8 Å². The van der Waals surface area contributed by atoms with Crippen LogP contribution >= 0.6 is 11.8 Å². The number of methoxy groups -OCH3 is 1. The summed E-state index contributed by atoms with van der Waals surface area (Å²) in [6.07, 6.45) is 1.55. The summed E-state index contributed by atoms with van der Waals surface area (Å²) in [6, 6.07) is 5.62. The fourth-order valence-electron chi connectivity index (χ4n) is 2.49. The molecular weight excluding hydrogens is 328 g/mol. The van der Waals surface area contributed by atoms with Gasteiger partial charge in [-0.2, -0.15) is 0 Å². The molecule has 0 aliphatic carbocycles. The van der Waals surface area contributed by atoms with Gasteiger partial charge in [-0.05, 0) is 26.0 Å². The molecule has 3 aromatic rings. The number of pyridine rings is 1. The van der Waals surface area contributed by atoms with Gasteiger partial charge >= 0.3 is 0 Å². The summed E-state index contributed by atoms with van der Waals surface area (Å²) in [5.74, 6) is 1.26. The van der Waals surface area contributed by atoms with Gasteiger partial charge in [0.2, 0.25) is 0 Å². The van der Waals surface area contributed by atoms with Crippen molar-refractivity contribution in [2.45, 2.75) is 24.8 Å². The molecule has 124 valence electrons. The van der Waals surface area contributed by atoms with Crippen LogP contribution in [0.4, 0.5) is 5.69 Å². The van der Waals surface area contributed by atoms with E-state index in [9.17, 15) is 10.1 Å². The molecule has 0 spiro atoms. The van der Waals surface area contributed by atoms with Crippen LogP contribution in [0.2, 0.25) is 0 Å². The topological polar surface area (TPSA) is 93.9 Å². The highest BCUT2D eigenvalue weighted by atomic mass is 32.2. The van der Waals surface area contributed by atoms with E-state index in [1.54, 1.807) is 27.2 Å². The van der Waals surface area contributed by atoms with E-state index in [1.165, 1.54) is 11.8 Å². The van der Waals surface area contributed by atoms with E-state index in [0.717, 1.165) is 21.9 Å². The summed E-state index contributed by atoms with van der Waals surface area (Å²) in [4.78, 5) is 22.9. The second kappa shape index (κ2) is 6.48. The Hall–Kier alpha value is -2.61. The summed E-state index contributed by atoms with van der Waals surface area (Å²) in [5.41, 5.74) is 3.73. The van der Waals surface area contributed by atoms with Crippen molar-refractivity contribution >= 4 is 28.5 Å². The molecule has 1 N–H and O–H groups in total. The molecule has 0 atom stereocenters. The second-order valence-electron chi connectivity index (χ2n) is 5.33. The summed E-state index contributed by atoms with van der Waals surface area (Å²) in [7, 11) is 1.62. The first-order valence-electron chi connectivity index (χ1n) is 7.25. The zero-order valence-corrected chi connectivity index (χ0v) is 14.3. The average Bonchev–Trinajstić information content (AvgIpc) is 2.95. The molecule has 2 aromatic heterocycles. The lowest BCUT2D eigenvalue weighted by atomic mass is 10.1. The van der Waals surface area contributed by atoms with Crippen LogP contribution in [0.5, 0.6) is 5.75 Å². The smallest absolute Gasteiger partial charge is 0.278 e. The molecule has 0 bridgehead atoms. The molecule has 0 saturated carbocycles. The molecule has 0 fully saturated rings. The molecule has 0 unspecified atom stereocenters. The Balaban J connectivity index is 1.83. The molecule has 0 aliphatic heterocycles. The van der Waals surface area contributed by atoms with E-state index in [-0.39, 0.29) is 10.6 Å². The molecule has 0 radical (unpaired) electrons. The van der Waals surface area contributed by atoms with E-state index in [0.29, 0.717) is 22.6 Å².